The van der Waals surface area contributed by atoms with E-state index in [1.54, 1.807) is 0 Å². The minimum atomic E-state index is -4.77. The second-order valence-electron chi connectivity index (χ2n) is 2.45. The number of aromatic nitrogens is 1. The fourth-order valence-corrected chi connectivity index (χ4v) is 0.866. The molecule has 1 aromatic rings. The van der Waals surface area contributed by atoms with Gasteiger partial charge in [0.25, 0.3) is 5.91 Å². The van der Waals surface area contributed by atoms with Gasteiger partial charge in [-0.2, -0.15) is 13.2 Å². The summed E-state index contributed by atoms with van der Waals surface area (Å²) < 4.78 is 36.7. The molecule has 0 bridgehead atoms. The molecule has 0 aliphatic rings. The highest BCUT2D eigenvalue weighted by atomic mass is 19.4. The third kappa shape index (κ3) is 1.93. The molecule has 0 unspecified atom stereocenters. The molecule has 0 aliphatic carbocycles. The Hall–Kier alpha value is -1.79. The predicted octanol–water partition coefficient (Wildman–Crippen LogP) is 0.905. The molecule has 0 radical (unpaired) electrons. The van der Waals surface area contributed by atoms with Gasteiger partial charge >= 0.3 is 6.18 Å². The van der Waals surface area contributed by atoms with Gasteiger partial charge in [-0.05, 0) is 6.07 Å². The monoisotopic (exact) mass is 206 g/mol. The zero-order valence-electron chi connectivity index (χ0n) is 6.67. The van der Waals surface area contributed by atoms with Crippen molar-refractivity contribution in [3.8, 4) is 5.75 Å². The van der Waals surface area contributed by atoms with E-state index in [0.29, 0.717) is 6.07 Å². The molecule has 4 nitrogen and oxygen atoms in total. The lowest BCUT2D eigenvalue weighted by Crippen LogP contribution is -2.20. The fraction of sp³-hybridized carbons (Fsp3) is 0.143. The maximum Gasteiger partial charge on any atom is 0.418 e. The van der Waals surface area contributed by atoms with Crippen molar-refractivity contribution in [3.63, 3.8) is 0 Å². The number of nitrogens with two attached hydrogens (primary N) is 1. The molecule has 0 saturated carbocycles. The van der Waals surface area contributed by atoms with Gasteiger partial charge in [0.2, 0.25) is 0 Å². The normalized spacial score (nSPS) is 11.4. The summed E-state index contributed by atoms with van der Waals surface area (Å²) in [6.07, 6.45) is -4.05. The van der Waals surface area contributed by atoms with E-state index in [0.717, 1.165) is 6.20 Å². The first-order valence-electron chi connectivity index (χ1n) is 3.38. The van der Waals surface area contributed by atoms with E-state index in [9.17, 15) is 18.0 Å². The van der Waals surface area contributed by atoms with Crippen LogP contribution in [0.15, 0.2) is 12.3 Å². The number of pyridine rings is 1. The highest BCUT2D eigenvalue weighted by Gasteiger charge is 2.36. The number of aromatic hydroxyl groups is 1. The summed E-state index contributed by atoms with van der Waals surface area (Å²) in [4.78, 5) is 13.7. The predicted molar refractivity (Wildman–Crippen MR) is 39.4 cm³/mol. The molecule has 3 N–H and O–H groups in total. The highest BCUT2D eigenvalue weighted by molar-refractivity contribution is 5.92. The summed E-state index contributed by atoms with van der Waals surface area (Å²) >= 11 is 0. The number of nitrogens with zero attached hydrogens (tertiary/aromatic N) is 1. The maximum atomic E-state index is 12.2. The Labute approximate surface area is 76.2 Å². The van der Waals surface area contributed by atoms with Crippen molar-refractivity contribution < 1.29 is 23.1 Å². The van der Waals surface area contributed by atoms with E-state index in [1.165, 1.54) is 0 Å². The van der Waals surface area contributed by atoms with Crippen molar-refractivity contribution >= 4 is 5.91 Å². The van der Waals surface area contributed by atoms with Crippen molar-refractivity contribution in [2.45, 2.75) is 6.18 Å². The molecular formula is C7H5F3N2O2. The summed E-state index contributed by atoms with van der Waals surface area (Å²) in [7, 11) is 0. The van der Waals surface area contributed by atoms with E-state index < -0.39 is 29.1 Å². The van der Waals surface area contributed by atoms with Crippen molar-refractivity contribution in [2.75, 3.05) is 0 Å². The van der Waals surface area contributed by atoms with Crippen molar-refractivity contribution in [2.24, 2.45) is 5.73 Å². The Kier molecular flexibility index (Phi) is 2.33. The van der Waals surface area contributed by atoms with Crippen LogP contribution < -0.4 is 5.73 Å². The van der Waals surface area contributed by atoms with Crippen LogP contribution in [-0.4, -0.2) is 16.0 Å². The molecule has 14 heavy (non-hydrogen) atoms. The lowest BCUT2D eigenvalue weighted by Gasteiger charge is -2.09. The van der Waals surface area contributed by atoms with Crippen LogP contribution in [0, 0.1) is 0 Å². The van der Waals surface area contributed by atoms with Gasteiger partial charge in [-0.25, -0.2) is 4.98 Å². The van der Waals surface area contributed by atoms with Gasteiger partial charge in [0.1, 0.15) is 11.4 Å². The molecule has 0 aliphatic heterocycles. The molecule has 0 atom stereocenters. The Morgan fingerprint density at radius 2 is 2.07 bits per heavy atom. The minimum Gasteiger partial charge on any atom is -0.506 e. The number of alkyl halides is 3. The summed E-state index contributed by atoms with van der Waals surface area (Å²) in [5.74, 6) is -1.97. The van der Waals surface area contributed by atoms with Gasteiger partial charge in [0.05, 0.1) is 11.8 Å². The molecule has 1 aromatic heterocycles. The number of amides is 1. The number of carbonyl (C=O) groups is 1. The number of halogens is 3. The smallest absolute Gasteiger partial charge is 0.418 e. The molecule has 0 fully saturated rings. The summed E-state index contributed by atoms with van der Waals surface area (Å²) in [6.45, 7) is 0. The summed E-state index contributed by atoms with van der Waals surface area (Å²) in [5.41, 5.74) is 2.43. The van der Waals surface area contributed by atoms with Gasteiger partial charge in [-0.1, -0.05) is 0 Å². The number of rotatable bonds is 1. The van der Waals surface area contributed by atoms with Crippen LogP contribution >= 0.6 is 0 Å². The average Bonchev–Trinajstić information content (AvgIpc) is 2.01. The molecule has 76 valence electrons. The van der Waals surface area contributed by atoms with Crippen molar-refractivity contribution in [3.05, 3.63) is 23.5 Å². The molecule has 0 spiro atoms. The van der Waals surface area contributed by atoms with Gasteiger partial charge < -0.3 is 10.8 Å². The van der Waals surface area contributed by atoms with Gasteiger partial charge in [-0.3, -0.25) is 4.79 Å². The summed E-state index contributed by atoms with van der Waals surface area (Å²) in [6, 6.07) is 0.396. The molecular weight excluding hydrogens is 201 g/mol. The van der Waals surface area contributed by atoms with Crippen molar-refractivity contribution in [1.29, 1.82) is 0 Å². The highest BCUT2D eigenvalue weighted by Crippen LogP contribution is 2.32. The average molecular weight is 206 g/mol. The number of carbonyl (C=O) groups excluding carboxylic acids is 1. The number of hydrogen-bond donors (Lipinski definition) is 2. The molecule has 1 rings (SSSR count). The topological polar surface area (TPSA) is 76.2 Å². The summed E-state index contributed by atoms with van der Waals surface area (Å²) in [5, 5.41) is 8.77. The molecule has 0 aromatic carbocycles. The number of primary amides is 1. The van der Waals surface area contributed by atoms with E-state index in [1.807, 2.05) is 0 Å². The van der Waals surface area contributed by atoms with E-state index in [2.05, 4.69) is 10.7 Å². The standard InChI is InChI=1S/C7H5F3N2O2/c8-7(9,10)4-1-3(13)2-12-5(4)6(11)14/h1-2,13H,(H2,11,14). The third-order valence-corrected chi connectivity index (χ3v) is 1.41. The largest absolute Gasteiger partial charge is 0.506 e. The van der Waals surface area contributed by atoms with Gasteiger partial charge in [0.15, 0.2) is 0 Å². The van der Waals surface area contributed by atoms with Crippen LogP contribution in [0.1, 0.15) is 16.1 Å². The maximum absolute atomic E-state index is 12.2. The van der Waals surface area contributed by atoms with Crippen LogP contribution in [-0.2, 0) is 6.18 Å². The van der Waals surface area contributed by atoms with Crippen molar-refractivity contribution in [1.82, 2.24) is 4.98 Å². The Bertz CT molecular complexity index is 376. The fourth-order valence-electron chi connectivity index (χ4n) is 0.866. The first-order valence-corrected chi connectivity index (χ1v) is 3.38. The zero-order valence-corrected chi connectivity index (χ0v) is 6.67. The first-order chi connectivity index (χ1) is 6.32. The molecule has 7 heteroatoms. The van der Waals surface area contributed by atoms with E-state index >= 15 is 0 Å². The van der Waals surface area contributed by atoms with Crippen LogP contribution in [0.2, 0.25) is 0 Å². The molecule has 1 heterocycles. The lowest BCUT2D eigenvalue weighted by molar-refractivity contribution is -0.138. The zero-order chi connectivity index (χ0) is 10.9. The Morgan fingerprint density at radius 1 is 1.50 bits per heavy atom. The van der Waals surface area contributed by atoms with Gasteiger partial charge in [-0.15, -0.1) is 0 Å². The van der Waals surface area contributed by atoms with Crippen LogP contribution in [0.5, 0.6) is 5.75 Å². The number of hydrogen-bond acceptors (Lipinski definition) is 3. The van der Waals surface area contributed by atoms with Crippen LogP contribution in [0.25, 0.3) is 0 Å². The van der Waals surface area contributed by atoms with Crippen LogP contribution in [0.4, 0.5) is 13.2 Å². The van der Waals surface area contributed by atoms with Crippen LogP contribution in [0.3, 0.4) is 0 Å². The lowest BCUT2D eigenvalue weighted by atomic mass is 10.1. The second-order valence-corrected chi connectivity index (χ2v) is 2.45. The molecule has 1 amide bonds. The second kappa shape index (κ2) is 3.17. The Balaban J connectivity index is 3.38. The Morgan fingerprint density at radius 3 is 2.50 bits per heavy atom. The quantitative estimate of drug-likeness (QED) is 0.716. The molecule has 0 saturated heterocycles. The van der Waals surface area contributed by atoms with E-state index in [-0.39, 0.29) is 0 Å². The SMILES string of the molecule is NC(=O)c1ncc(O)cc1C(F)(F)F. The minimum absolute atomic E-state index is 0.396. The third-order valence-electron chi connectivity index (χ3n) is 1.41. The van der Waals surface area contributed by atoms with Gasteiger partial charge in [0, 0.05) is 0 Å². The van der Waals surface area contributed by atoms with E-state index in [4.69, 9.17) is 5.11 Å². The first kappa shape index (κ1) is 10.3.